The van der Waals surface area contributed by atoms with E-state index in [1.165, 1.54) is 63.7 Å². The third-order valence-electron chi connectivity index (χ3n) is 12.7. The number of hydrogen-bond acceptors (Lipinski definition) is 2. The quantitative estimate of drug-likeness (QED) is 0.0695. The van der Waals surface area contributed by atoms with Crippen molar-refractivity contribution in [2.24, 2.45) is 0 Å². The molecule has 12 rings (SSSR count). The smallest absolute Gasteiger partial charge is 0.0620 e. The Morgan fingerprint density at radius 1 is 0.127 bits per heavy atom. The van der Waals surface area contributed by atoms with E-state index in [1.54, 1.807) is 0 Å². The zero-order valence-electron chi connectivity index (χ0n) is 43.9. The van der Waals surface area contributed by atoms with Gasteiger partial charge in [-0.1, -0.05) is 218 Å². The van der Waals surface area contributed by atoms with Gasteiger partial charge in [-0.05, 0) is 146 Å². The van der Waals surface area contributed by atoms with Gasteiger partial charge in [0.2, 0.25) is 0 Å². The Bertz CT molecular complexity index is 2640. The van der Waals surface area contributed by atoms with Gasteiger partial charge in [-0.25, -0.2) is 0 Å². The summed E-state index contributed by atoms with van der Waals surface area (Å²) in [4.78, 5) is 0. The molecule has 0 saturated heterocycles. The van der Waals surface area contributed by atoms with E-state index in [1.807, 2.05) is 0 Å². The first-order chi connectivity index (χ1) is 38.8. The maximum absolute atomic E-state index is 6.00. The molecular formula is C72H64N2P4Pd+4. The molecular weight excluding hydrogens is 1120 g/mol. The maximum atomic E-state index is 6.00. The van der Waals surface area contributed by atoms with Crippen LogP contribution >= 0.6 is 31.7 Å². The van der Waals surface area contributed by atoms with Crippen molar-refractivity contribution in [3.05, 3.63) is 364 Å². The average Bonchev–Trinajstić information content (AvgIpc) is 3.55. The van der Waals surface area contributed by atoms with Gasteiger partial charge in [0.25, 0.3) is 0 Å². The first-order valence-electron chi connectivity index (χ1n) is 26.1. The van der Waals surface area contributed by atoms with Gasteiger partial charge in [0.05, 0.1) is 31.7 Å². The summed E-state index contributed by atoms with van der Waals surface area (Å²) in [5.41, 5.74) is 0. The van der Waals surface area contributed by atoms with E-state index < -0.39 is 31.7 Å². The summed E-state index contributed by atoms with van der Waals surface area (Å²) in [6.07, 6.45) is 0. The van der Waals surface area contributed by atoms with Gasteiger partial charge in [-0.3, -0.25) is 0 Å². The molecule has 0 atom stereocenters. The van der Waals surface area contributed by atoms with Gasteiger partial charge in [0, 0.05) is 31.2 Å². The Morgan fingerprint density at radius 2 is 0.190 bits per heavy atom. The van der Waals surface area contributed by atoms with Crippen molar-refractivity contribution in [2.45, 2.75) is 0 Å². The Balaban J connectivity index is 0.000000150. The molecule has 2 nitrogen and oxygen atoms in total. The Hall–Kier alpha value is -7.56. The fourth-order valence-corrected chi connectivity index (χ4v) is 19.6. The summed E-state index contributed by atoms with van der Waals surface area (Å²) in [5, 5.41) is 29.2. The zero-order chi connectivity index (χ0) is 53.7. The maximum Gasteiger partial charge on any atom is 0.102 e. The van der Waals surface area contributed by atoms with Gasteiger partial charge in [-0.15, -0.1) is 0 Å². The molecule has 0 spiro atoms. The summed E-state index contributed by atoms with van der Waals surface area (Å²) in [6, 6.07) is 130. The number of nitrogens with zero attached hydrogens (tertiary/aromatic N) is 2. The van der Waals surface area contributed by atoms with Crippen molar-refractivity contribution in [3.63, 3.8) is 0 Å². The van der Waals surface area contributed by atoms with Crippen LogP contribution < -0.4 is 63.7 Å². The second kappa shape index (κ2) is 33.7. The molecule has 0 aliphatic rings. The second-order valence-corrected chi connectivity index (χ2v) is 27.8. The van der Waals surface area contributed by atoms with Gasteiger partial charge < -0.3 is 0 Å². The van der Waals surface area contributed by atoms with Gasteiger partial charge in [0.15, 0.2) is 0 Å². The molecule has 0 amide bonds. The molecule has 0 N–H and O–H groups in total. The van der Waals surface area contributed by atoms with E-state index in [0.717, 1.165) is 0 Å². The average molecular weight is 1190 g/mol. The van der Waals surface area contributed by atoms with Crippen molar-refractivity contribution < 1.29 is 20.4 Å². The topological polar surface area (TPSA) is 47.6 Å². The molecule has 0 aliphatic carbocycles. The molecule has 0 heterocycles. The van der Waals surface area contributed by atoms with Crippen LogP contribution in [0.5, 0.6) is 0 Å². The molecule has 0 aromatic heterocycles. The molecule has 12 aromatic rings. The predicted octanol–water partition coefficient (Wildman–Crippen LogP) is 12.7. The second-order valence-electron chi connectivity index (χ2n) is 17.9. The molecule has 0 unspecified atom stereocenters. The van der Waals surface area contributed by atoms with Gasteiger partial charge >= 0.3 is 0 Å². The van der Waals surface area contributed by atoms with Crippen LogP contribution in [0.2, 0.25) is 0 Å². The van der Waals surface area contributed by atoms with Crippen LogP contribution in [0.4, 0.5) is 0 Å². The van der Waals surface area contributed by atoms with Crippen molar-refractivity contribution in [3.8, 4) is 0 Å². The molecule has 388 valence electrons. The third kappa shape index (κ3) is 17.7. The predicted molar refractivity (Wildman–Crippen MR) is 350 cm³/mol. The van der Waals surface area contributed by atoms with E-state index >= 15 is 0 Å². The number of hydrogen-bond donors (Lipinski definition) is 0. The van der Waals surface area contributed by atoms with Crippen molar-refractivity contribution in [1.82, 2.24) is 0 Å². The van der Waals surface area contributed by atoms with Crippen molar-refractivity contribution >= 4 is 95.3 Å². The molecule has 0 bridgehead atoms. The van der Waals surface area contributed by atoms with Crippen LogP contribution in [0, 0.1) is 10.8 Å². The molecule has 12 aromatic carbocycles. The van der Waals surface area contributed by atoms with E-state index in [4.69, 9.17) is 10.8 Å². The summed E-state index contributed by atoms with van der Waals surface area (Å²) in [5.74, 6) is 0. The van der Waals surface area contributed by atoms with Gasteiger partial charge in [0.1, 0.15) is 63.7 Å². The van der Waals surface area contributed by atoms with E-state index in [9.17, 15) is 0 Å². The van der Waals surface area contributed by atoms with Crippen LogP contribution in [0.25, 0.3) is 0 Å². The van der Waals surface area contributed by atoms with Crippen LogP contribution in [-0.2, 0) is 20.4 Å². The van der Waals surface area contributed by atoms with Crippen LogP contribution in [0.3, 0.4) is 0 Å². The molecule has 0 aliphatic heterocycles. The summed E-state index contributed by atoms with van der Waals surface area (Å²) in [7, 11) is -3.51. The number of rotatable bonds is 12. The van der Waals surface area contributed by atoms with Crippen molar-refractivity contribution in [1.29, 1.82) is 10.8 Å². The SMILES string of the molecule is N#N.[Pd].c1ccc([PH+](c2ccccc2)c2ccccc2)cc1.c1ccc([PH+](c2ccccc2)c2ccccc2)cc1.c1ccc([PH+](c2ccccc2)c2ccccc2)cc1.c1ccc([PH+](c2ccccc2)c2ccccc2)cc1. The monoisotopic (exact) mass is 1190 g/mol. The Labute approximate surface area is 487 Å². The van der Waals surface area contributed by atoms with Gasteiger partial charge in [-0.2, -0.15) is 0 Å². The minimum absolute atomic E-state index is 0. The van der Waals surface area contributed by atoms with E-state index in [-0.39, 0.29) is 20.4 Å². The Kier molecular flexibility index (Phi) is 25.2. The Morgan fingerprint density at radius 3 is 0.253 bits per heavy atom. The number of benzene rings is 12. The minimum atomic E-state index is -0.877. The largest absolute Gasteiger partial charge is 0.102 e. The molecule has 79 heavy (non-hydrogen) atoms. The summed E-state index contributed by atoms with van der Waals surface area (Å²) in [6.45, 7) is 0. The van der Waals surface area contributed by atoms with E-state index in [0.29, 0.717) is 0 Å². The van der Waals surface area contributed by atoms with E-state index in [2.05, 4.69) is 364 Å². The summed E-state index contributed by atoms with van der Waals surface area (Å²) >= 11 is 0. The normalized spacial score (nSPS) is 10.2. The fraction of sp³-hybridized carbons (Fsp3) is 0. The minimum Gasteiger partial charge on any atom is -0.0620 e. The van der Waals surface area contributed by atoms with Crippen LogP contribution in [0.15, 0.2) is 364 Å². The molecule has 7 heteroatoms. The first kappa shape index (κ1) is 59.1. The van der Waals surface area contributed by atoms with Crippen LogP contribution in [0.1, 0.15) is 0 Å². The molecule has 0 radical (unpaired) electrons. The molecule has 0 saturated carbocycles. The van der Waals surface area contributed by atoms with Crippen LogP contribution in [-0.4, -0.2) is 0 Å². The fourth-order valence-electron chi connectivity index (χ4n) is 9.26. The summed E-state index contributed by atoms with van der Waals surface area (Å²) < 4.78 is 0. The standard InChI is InChI=1S/4C18H15P.N2.Pd/c4*1-4-10-16(11-5-1)19(17-12-6-2-7-13-17)18-14-8-3-9-15-18;1-2;/h4*1-15H;;/p+4. The molecule has 0 fully saturated rings. The van der Waals surface area contributed by atoms with Crippen molar-refractivity contribution in [2.75, 3.05) is 0 Å². The third-order valence-corrected chi connectivity index (χ3v) is 23.7. The zero-order valence-corrected chi connectivity index (χ0v) is 49.4. The first-order valence-corrected chi connectivity index (χ1v) is 32.1.